The van der Waals surface area contributed by atoms with Crippen molar-refractivity contribution in [1.82, 2.24) is 9.47 Å². The van der Waals surface area contributed by atoms with Crippen molar-refractivity contribution < 1.29 is 58.2 Å². The molecule has 2 aromatic rings. The maximum absolute atomic E-state index is 13.3. The van der Waals surface area contributed by atoms with E-state index >= 15 is 0 Å². The number of ketones is 1. The third-order valence-electron chi connectivity index (χ3n) is 5.44. The average molecular weight is 467 g/mol. The Kier molecular flexibility index (Phi) is 11.1. The Hall–Kier alpha value is -2.33. The molecule has 2 heterocycles. The molecule has 1 fully saturated rings. The third kappa shape index (κ3) is 7.33. The van der Waals surface area contributed by atoms with Crippen LogP contribution in [0.25, 0.3) is 0 Å². The van der Waals surface area contributed by atoms with E-state index in [2.05, 4.69) is 5.32 Å². The number of carbonyl (C=O) groups excluding carboxylic acids is 3. The Labute approximate surface area is 214 Å². The van der Waals surface area contributed by atoms with Crippen LogP contribution in [0.3, 0.4) is 0 Å². The summed E-state index contributed by atoms with van der Waals surface area (Å²) in [6.45, 7) is 7.03. The Bertz CT molecular complexity index is 1050. The number of hydrogen-bond acceptors (Lipinski definition) is 5. The first-order chi connectivity index (χ1) is 15.1. The van der Waals surface area contributed by atoms with Gasteiger partial charge >= 0.3 is 35.5 Å². The normalized spacial score (nSPS) is 12.9. The maximum atomic E-state index is 13.3. The maximum Gasteiger partial charge on any atom is 1.00 e. The number of hydrogen-bond donors (Lipinski definition) is 2. The number of benzene rings is 1. The fraction of sp³-hybridized carbons (Fsp3) is 0.391. The van der Waals surface area contributed by atoms with Gasteiger partial charge in [-0.05, 0) is 70.6 Å². The number of amides is 1. The van der Waals surface area contributed by atoms with Crippen molar-refractivity contribution in [2.24, 2.45) is 7.05 Å². The Morgan fingerprint density at radius 3 is 2.27 bits per heavy atom. The molecule has 1 amide bonds. The Morgan fingerprint density at radius 1 is 1.15 bits per heavy atom. The van der Waals surface area contributed by atoms with Crippen LogP contribution in [0.15, 0.2) is 18.2 Å². The molecule has 0 radical (unpaired) electrons. The van der Waals surface area contributed by atoms with E-state index in [1.54, 1.807) is 27.8 Å². The summed E-state index contributed by atoms with van der Waals surface area (Å²) >= 11 is 0. The van der Waals surface area contributed by atoms with E-state index in [0.29, 0.717) is 28.1 Å². The largest absolute Gasteiger partial charge is 1.00 e. The quantitative estimate of drug-likeness (QED) is 0.264. The predicted molar refractivity (Wildman–Crippen MR) is 117 cm³/mol. The first kappa shape index (κ1) is 28.7. The number of carbonyl (C=O) groups is 3. The molecule has 0 atom stereocenters. The monoisotopic (exact) mass is 467 g/mol. The van der Waals surface area contributed by atoms with Crippen molar-refractivity contribution in [3.8, 4) is 0 Å². The topological polar surface area (TPSA) is 109 Å². The molecule has 0 spiro atoms. The zero-order valence-corrected chi connectivity index (χ0v) is 21.6. The van der Waals surface area contributed by atoms with Crippen LogP contribution in [0.4, 0.5) is 10.1 Å². The number of nitrogens with one attached hydrogen (secondary N) is 1. The van der Waals surface area contributed by atoms with Gasteiger partial charge in [-0.15, -0.1) is 0 Å². The van der Waals surface area contributed by atoms with Crippen LogP contribution in [0.2, 0.25) is 0 Å². The molecule has 0 saturated carbocycles. The summed E-state index contributed by atoms with van der Waals surface area (Å²) in [5.74, 6) is -2.29. The second kappa shape index (κ2) is 12.8. The van der Waals surface area contributed by atoms with Gasteiger partial charge in [-0.1, -0.05) is 18.2 Å². The van der Waals surface area contributed by atoms with Crippen molar-refractivity contribution in [1.29, 1.82) is 0 Å². The summed E-state index contributed by atoms with van der Waals surface area (Å²) in [6, 6.07) is 4.25. The van der Waals surface area contributed by atoms with E-state index in [-0.39, 0.29) is 47.6 Å². The number of aliphatic carboxylic acids is 1. The predicted octanol–water partition coefficient (Wildman–Crippen LogP) is -0.195. The second-order valence-electron chi connectivity index (χ2n) is 7.72. The van der Waals surface area contributed by atoms with Crippen molar-refractivity contribution >= 4 is 29.6 Å². The van der Waals surface area contributed by atoms with E-state index in [4.69, 9.17) is 5.11 Å². The molecule has 1 aromatic heterocycles. The summed E-state index contributed by atoms with van der Waals surface area (Å²) < 4.78 is 14.8. The minimum absolute atomic E-state index is 0. The Morgan fingerprint density at radius 2 is 1.76 bits per heavy atom. The Balaban J connectivity index is 0.000000458. The summed E-state index contributed by atoms with van der Waals surface area (Å²) in [6.07, 6.45) is 3.64. The van der Waals surface area contributed by atoms with E-state index in [9.17, 15) is 23.6 Å². The van der Waals surface area contributed by atoms with Crippen LogP contribution in [0.1, 0.15) is 50.5 Å². The van der Waals surface area contributed by atoms with Gasteiger partial charge in [0, 0.05) is 23.2 Å². The summed E-state index contributed by atoms with van der Waals surface area (Å²) in [5.41, 5.74) is 2.28. The summed E-state index contributed by atoms with van der Waals surface area (Å²) in [4.78, 5) is 46.9. The standard InChI is InChI=1S/C17H16FN2O3.C6H11NO2.Na/c1-9-7-12(5-6-13(9)18)19-17(23)15-10(2)16(14(22)8-21)20(4)11(15)3;8-6(9)5-7-3-1-2-4-7;/h5-7H,1-4H3,(H,19,23);1-5H2,(H,8,9);/q-1;;+1. The van der Waals surface area contributed by atoms with Crippen LogP contribution in [0, 0.1) is 26.6 Å². The molecule has 3 rings (SSSR count). The van der Waals surface area contributed by atoms with E-state index in [1.165, 1.54) is 29.1 Å². The van der Waals surface area contributed by atoms with Crippen LogP contribution in [-0.2, 0) is 16.6 Å². The van der Waals surface area contributed by atoms with Crippen LogP contribution in [0.5, 0.6) is 0 Å². The van der Waals surface area contributed by atoms with E-state index in [0.717, 1.165) is 25.9 Å². The van der Waals surface area contributed by atoms with Crippen molar-refractivity contribution in [3.05, 3.63) is 52.1 Å². The van der Waals surface area contributed by atoms with Crippen LogP contribution >= 0.6 is 0 Å². The molecule has 2 N–H and O–H groups in total. The van der Waals surface area contributed by atoms with Gasteiger partial charge in [0.05, 0.1) is 12.3 Å². The number of rotatable bonds is 6. The van der Waals surface area contributed by atoms with Crippen LogP contribution < -0.4 is 34.9 Å². The van der Waals surface area contributed by atoms with Crippen molar-refractivity contribution in [2.45, 2.75) is 33.6 Å². The number of nitrogens with zero attached hydrogens (tertiary/aromatic N) is 2. The van der Waals surface area contributed by atoms with Gasteiger partial charge in [-0.3, -0.25) is 14.5 Å². The minimum Gasteiger partial charge on any atom is -0.480 e. The SMILES string of the molecule is Cc1cc(NC(=O)c2c(C)c(C(=O)[C-]=O)n(C)c2C)ccc1F.O=C(O)CN1CCCC1.[Na+]. The molecule has 0 unspecified atom stereocenters. The molecule has 33 heavy (non-hydrogen) atoms. The molecule has 8 nitrogen and oxygen atoms in total. The number of carboxylic acids is 1. The molecule has 10 heteroatoms. The minimum atomic E-state index is -0.801. The zero-order valence-electron chi connectivity index (χ0n) is 19.6. The number of anilines is 1. The first-order valence-corrected chi connectivity index (χ1v) is 10.2. The van der Waals surface area contributed by atoms with Gasteiger partial charge in [-0.2, -0.15) is 0 Å². The van der Waals surface area contributed by atoms with Crippen molar-refractivity contribution in [2.75, 3.05) is 25.0 Å². The van der Waals surface area contributed by atoms with Gasteiger partial charge < -0.3 is 24.6 Å². The molecule has 1 aliphatic rings. The molecule has 1 saturated heterocycles. The molecule has 1 aliphatic heterocycles. The fourth-order valence-electron chi connectivity index (χ4n) is 3.73. The van der Waals surface area contributed by atoms with Gasteiger partial charge in [0.25, 0.3) is 5.91 Å². The second-order valence-corrected chi connectivity index (χ2v) is 7.72. The third-order valence-corrected chi connectivity index (χ3v) is 5.44. The average Bonchev–Trinajstić information content (AvgIpc) is 3.30. The molecular formula is C23H27FN3NaO5. The number of halogens is 1. The van der Waals surface area contributed by atoms with Gasteiger partial charge in [0.1, 0.15) is 5.82 Å². The number of carboxylic acid groups (broad SMARTS) is 1. The van der Waals surface area contributed by atoms with Gasteiger partial charge in [-0.25, -0.2) is 4.39 Å². The molecule has 172 valence electrons. The molecule has 0 aliphatic carbocycles. The molecule has 0 bridgehead atoms. The zero-order chi connectivity index (χ0) is 24.0. The van der Waals surface area contributed by atoms with Crippen LogP contribution in [-0.4, -0.2) is 58.2 Å². The number of Topliss-reactive ketones (excluding diaryl/α,β-unsaturated/α-hetero) is 1. The van der Waals surface area contributed by atoms with Crippen molar-refractivity contribution in [3.63, 3.8) is 0 Å². The van der Waals surface area contributed by atoms with E-state index < -0.39 is 17.7 Å². The fourth-order valence-corrected chi connectivity index (χ4v) is 3.73. The number of likely N-dealkylation sites (tertiary alicyclic amines) is 1. The summed E-state index contributed by atoms with van der Waals surface area (Å²) in [5, 5.41) is 11.0. The summed E-state index contributed by atoms with van der Waals surface area (Å²) in [7, 11) is 1.60. The number of aryl methyl sites for hydroxylation is 1. The molecule has 1 aromatic carbocycles. The van der Waals surface area contributed by atoms with Gasteiger partial charge in [0.2, 0.25) is 0 Å². The molecular weight excluding hydrogens is 440 g/mol. The number of aromatic nitrogens is 1. The smallest absolute Gasteiger partial charge is 0.480 e. The van der Waals surface area contributed by atoms with E-state index in [1.807, 2.05) is 4.90 Å². The van der Waals surface area contributed by atoms with Gasteiger partial charge in [0.15, 0.2) is 0 Å². The first-order valence-electron chi connectivity index (χ1n) is 10.2.